The Hall–Kier alpha value is -0.830. The Bertz CT molecular complexity index is 359. The Balaban J connectivity index is 2.85. The molecule has 2 nitrogen and oxygen atoms in total. The molecule has 0 spiro atoms. The quantitative estimate of drug-likeness (QED) is 0.882. The van der Waals surface area contributed by atoms with Crippen LogP contribution in [0.2, 0.25) is 0 Å². The zero-order valence-electron chi connectivity index (χ0n) is 10.7. The van der Waals surface area contributed by atoms with Crippen LogP contribution in [0.5, 0.6) is 0 Å². The van der Waals surface area contributed by atoms with Crippen LogP contribution in [0.1, 0.15) is 38.7 Å². The Kier molecular flexibility index (Phi) is 5.69. The van der Waals surface area contributed by atoms with E-state index in [0.717, 1.165) is 23.0 Å². The summed E-state index contributed by atoms with van der Waals surface area (Å²) in [5.74, 6) is 0.367. The Labute approximate surface area is 112 Å². The van der Waals surface area contributed by atoms with Gasteiger partial charge in [0.1, 0.15) is 0 Å². The van der Waals surface area contributed by atoms with E-state index in [1.54, 1.807) is 0 Å². The third kappa shape index (κ3) is 4.15. The van der Waals surface area contributed by atoms with Crippen LogP contribution in [0.3, 0.4) is 0 Å². The molecule has 0 radical (unpaired) electrons. The average molecular weight is 298 g/mol. The maximum absolute atomic E-state index is 12.1. The number of carbonyl (C=O) groups is 1. The lowest BCUT2D eigenvalue weighted by Crippen LogP contribution is -2.32. The van der Waals surface area contributed by atoms with Gasteiger partial charge in [0.25, 0.3) is 0 Å². The molecule has 17 heavy (non-hydrogen) atoms. The molecule has 1 N–H and O–H groups in total. The predicted molar refractivity (Wildman–Crippen MR) is 75.0 cm³/mol. The van der Waals surface area contributed by atoms with Crippen molar-refractivity contribution in [1.29, 1.82) is 0 Å². The largest absolute Gasteiger partial charge is 0.356 e. The van der Waals surface area contributed by atoms with Crippen LogP contribution in [0, 0.1) is 5.92 Å². The first kappa shape index (κ1) is 14.2. The summed E-state index contributed by atoms with van der Waals surface area (Å²) < 4.78 is 1.04. The fraction of sp³-hybridized carbons (Fsp3) is 0.500. The highest BCUT2D eigenvalue weighted by Crippen LogP contribution is 2.25. The number of amides is 1. The molecule has 0 heterocycles. The molecule has 1 atom stereocenters. The van der Waals surface area contributed by atoms with Crippen molar-refractivity contribution in [1.82, 2.24) is 5.32 Å². The third-order valence-electron chi connectivity index (χ3n) is 2.73. The van der Waals surface area contributed by atoms with Crippen molar-refractivity contribution in [2.45, 2.75) is 33.1 Å². The molecule has 1 aromatic rings. The van der Waals surface area contributed by atoms with E-state index >= 15 is 0 Å². The molecule has 0 aromatic heterocycles. The highest BCUT2D eigenvalue weighted by Gasteiger charge is 2.23. The van der Waals surface area contributed by atoms with E-state index in [1.807, 2.05) is 24.3 Å². The molecule has 1 amide bonds. The lowest BCUT2D eigenvalue weighted by atomic mass is 9.87. The fourth-order valence-corrected chi connectivity index (χ4v) is 2.13. The fourth-order valence-electron chi connectivity index (χ4n) is 1.87. The van der Waals surface area contributed by atoms with Crippen LogP contribution in [-0.2, 0) is 4.79 Å². The van der Waals surface area contributed by atoms with Gasteiger partial charge in [-0.15, -0.1) is 0 Å². The summed E-state index contributed by atoms with van der Waals surface area (Å²) in [4.78, 5) is 12.1. The maximum Gasteiger partial charge on any atom is 0.227 e. The van der Waals surface area contributed by atoms with E-state index in [-0.39, 0.29) is 11.8 Å². The minimum Gasteiger partial charge on any atom is -0.356 e. The lowest BCUT2D eigenvalue weighted by molar-refractivity contribution is -0.123. The molecule has 1 aromatic carbocycles. The highest BCUT2D eigenvalue weighted by molar-refractivity contribution is 9.10. The monoisotopic (exact) mass is 297 g/mol. The summed E-state index contributed by atoms with van der Waals surface area (Å²) in [5, 5.41) is 2.98. The van der Waals surface area contributed by atoms with Crippen LogP contribution in [0.4, 0.5) is 0 Å². The second-order valence-electron chi connectivity index (χ2n) is 4.56. The Morgan fingerprint density at radius 3 is 2.35 bits per heavy atom. The summed E-state index contributed by atoms with van der Waals surface area (Å²) in [5.41, 5.74) is 1.08. The number of carbonyl (C=O) groups excluding carboxylic acids is 1. The molecule has 1 unspecified atom stereocenters. The van der Waals surface area contributed by atoms with Crippen molar-refractivity contribution in [3.63, 3.8) is 0 Å². The van der Waals surface area contributed by atoms with Crippen LogP contribution in [-0.4, -0.2) is 12.5 Å². The molecule has 0 fully saturated rings. The molecule has 0 aliphatic rings. The van der Waals surface area contributed by atoms with Crippen molar-refractivity contribution < 1.29 is 4.79 Å². The smallest absolute Gasteiger partial charge is 0.227 e. The summed E-state index contributed by atoms with van der Waals surface area (Å²) in [6.45, 7) is 6.97. The lowest BCUT2D eigenvalue weighted by Gasteiger charge is -2.20. The van der Waals surface area contributed by atoms with Crippen LogP contribution < -0.4 is 5.32 Å². The zero-order valence-corrected chi connectivity index (χ0v) is 12.3. The van der Waals surface area contributed by atoms with Gasteiger partial charge in [-0.3, -0.25) is 4.79 Å². The summed E-state index contributed by atoms with van der Waals surface area (Å²) in [7, 11) is 0. The first-order chi connectivity index (χ1) is 8.06. The number of rotatable bonds is 5. The van der Waals surface area contributed by atoms with Gasteiger partial charge in [-0.1, -0.05) is 48.8 Å². The molecule has 0 bridgehead atoms. The van der Waals surface area contributed by atoms with Gasteiger partial charge in [0, 0.05) is 11.0 Å². The second-order valence-corrected chi connectivity index (χ2v) is 5.48. The van der Waals surface area contributed by atoms with E-state index in [9.17, 15) is 4.79 Å². The van der Waals surface area contributed by atoms with Gasteiger partial charge in [0.2, 0.25) is 5.91 Å². The van der Waals surface area contributed by atoms with E-state index in [0.29, 0.717) is 5.92 Å². The second kappa shape index (κ2) is 6.80. The average Bonchev–Trinajstić information content (AvgIpc) is 2.29. The molecule has 0 aliphatic heterocycles. The van der Waals surface area contributed by atoms with Gasteiger partial charge in [0.15, 0.2) is 0 Å². The topological polar surface area (TPSA) is 29.1 Å². The Morgan fingerprint density at radius 1 is 1.29 bits per heavy atom. The summed E-state index contributed by atoms with van der Waals surface area (Å²) >= 11 is 3.41. The molecule has 0 saturated heterocycles. The number of halogens is 1. The van der Waals surface area contributed by atoms with E-state index in [4.69, 9.17) is 0 Å². The molecule has 0 saturated carbocycles. The molecule has 0 aliphatic carbocycles. The molecule has 1 rings (SSSR count). The van der Waals surface area contributed by atoms with Crippen molar-refractivity contribution in [3.8, 4) is 0 Å². The van der Waals surface area contributed by atoms with Gasteiger partial charge >= 0.3 is 0 Å². The zero-order chi connectivity index (χ0) is 12.8. The molecular weight excluding hydrogens is 278 g/mol. The van der Waals surface area contributed by atoms with E-state index in [1.165, 1.54) is 0 Å². The van der Waals surface area contributed by atoms with Gasteiger partial charge < -0.3 is 5.32 Å². The number of benzene rings is 1. The summed E-state index contributed by atoms with van der Waals surface area (Å²) in [6, 6.07) is 8.00. The van der Waals surface area contributed by atoms with Crippen molar-refractivity contribution >= 4 is 21.8 Å². The van der Waals surface area contributed by atoms with E-state index < -0.39 is 0 Å². The number of hydrogen-bond donors (Lipinski definition) is 1. The standard InChI is InChI=1S/C14H20BrNO/c1-4-9-16-14(17)13(10(2)3)11-5-7-12(15)8-6-11/h5-8,10,13H,4,9H2,1-3H3,(H,16,17). The van der Waals surface area contributed by atoms with Crippen LogP contribution in [0.25, 0.3) is 0 Å². The van der Waals surface area contributed by atoms with Gasteiger partial charge in [0.05, 0.1) is 5.92 Å². The van der Waals surface area contributed by atoms with Crippen LogP contribution in [0.15, 0.2) is 28.7 Å². The third-order valence-corrected chi connectivity index (χ3v) is 3.26. The van der Waals surface area contributed by atoms with E-state index in [2.05, 4.69) is 42.0 Å². The molecular formula is C14H20BrNO. The van der Waals surface area contributed by atoms with Crippen molar-refractivity contribution in [3.05, 3.63) is 34.3 Å². The Morgan fingerprint density at radius 2 is 1.88 bits per heavy atom. The van der Waals surface area contributed by atoms with Gasteiger partial charge in [-0.2, -0.15) is 0 Å². The van der Waals surface area contributed by atoms with Crippen LogP contribution >= 0.6 is 15.9 Å². The maximum atomic E-state index is 12.1. The number of hydrogen-bond acceptors (Lipinski definition) is 1. The first-order valence-electron chi connectivity index (χ1n) is 6.09. The minimum absolute atomic E-state index is 0.0605. The predicted octanol–water partition coefficient (Wildman–Crippen LogP) is 3.71. The molecule has 94 valence electrons. The van der Waals surface area contributed by atoms with Gasteiger partial charge in [-0.25, -0.2) is 0 Å². The van der Waals surface area contributed by atoms with Crippen molar-refractivity contribution in [2.24, 2.45) is 5.92 Å². The normalized spacial score (nSPS) is 12.5. The molecule has 3 heteroatoms. The SMILES string of the molecule is CCCNC(=O)C(c1ccc(Br)cc1)C(C)C. The highest BCUT2D eigenvalue weighted by atomic mass is 79.9. The number of nitrogens with one attached hydrogen (secondary N) is 1. The minimum atomic E-state index is -0.0605. The summed E-state index contributed by atoms with van der Waals surface area (Å²) in [6.07, 6.45) is 0.969. The van der Waals surface area contributed by atoms with Gasteiger partial charge in [-0.05, 0) is 30.0 Å². The van der Waals surface area contributed by atoms with Crippen molar-refractivity contribution in [2.75, 3.05) is 6.54 Å². The first-order valence-corrected chi connectivity index (χ1v) is 6.88.